The van der Waals surface area contributed by atoms with Crippen molar-refractivity contribution in [1.29, 1.82) is 0 Å². The Morgan fingerprint density at radius 1 is 0.769 bits per heavy atom. The van der Waals surface area contributed by atoms with Crippen molar-refractivity contribution in [3.8, 4) is 28.7 Å². The Hall–Kier alpha value is -3.87. The number of hydrogen-bond donors (Lipinski definition) is 0. The number of fused-ring (bicyclic) bond motifs is 1. The first-order valence-corrected chi connectivity index (χ1v) is 13.8. The average Bonchev–Trinajstić information content (AvgIpc) is 2.95. The first-order chi connectivity index (χ1) is 19.0. The molecule has 0 saturated carbocycles. The number of carbonyl (C=O) groups is 1. The largest absolute Gasteiger partial charge is 0.497 e. The molecule has 39 heavy (non-hydrogen) atoms. The van der Waals surface area contributed by atoms with E-state index in [9.17, 15) is 4.79 Å². The summed E-state index contributed by atoms with van der Waals surface area (Å²) in [4.78, 5) is 15.9. The molecule has 7 nitrogen and oxygen atoms in total. The van der Waals surface area contributed by atoms with Gasteiger partial charge in [-0.25, -0.2) is 0 Å². The molecule has 3 aromatic rings. The highest BCUT2D eigenvalue weighted by Crippen LogP contribution is 2.41. The van der Waals surface area contributed by atoms with Gasteiger partial charge in [-0.15, -0.1) is 0 Å². The Bertz CT molecular complexity index is 1260. The minimum atomic E-state index is -0.203. The van der Waals surface area contributed by atoms with Crippen molar-refractivity contribution in [2.75, 3.05) is 40.1 Å². The third-order valence-electron chi connectivity index (χ3n) is 6.80. The molecular formula is C32H39NO6. The van der Waals surface area contributed by atoms with Crippen LogP contribution in [0.25, 0.3) is 0 Å². The van der Waals surface area contributed by atoms with Crippen molar-refractivity contribution in [3.05, 3.63) is 76.9 Å². The van der Waals surface area contributed by atoms with Crippen LogP contribution in [-0.4, -0.2) is 50.9 Å². The lowest BCUT2D eigenvalue weighted by atomic mass is 9.87. The standard InChI is InChI=1S/C32H39NO6/c1-6-36-28-15-10-22(19-29(28)37-7-2)18-27-26-21-31(39-9-4)30(38-8-3)20-24(26)16-17-33(27)32(34)23-11-13-25(35-5)14-12-23/h10-15,19-21,27H,6-9,16-18H2,1-5H3/t27-/m1/s1. The van der Waals surface area contributed by atoms with Crippen molar-refractivity contribution in [3.63, 3.8) is 0 Å². The predicted octanol–water partition coefficient (Wildman–Crippen LogP) is 6.27. The fourth-order valence-corrected chi connectivity index (χ4v) is 5.05. The van der Waals surface area contributed by atoms with Crippen LogP contribution in [0.5, 0.6) is 28.7 Å². The minimum Gasteiger partial charge on any atom is -0.497 e. The lowest BCUT2D eigenvalue weighted by molar-refractivity contribution is 0.0659. The molecule has 0 fully saturated rings. The molecule has 7 heteroatoms. The van der Waals surface area contributed by atoms with E-state index in [-0.39, 0.29) is 11.9 Å². The Morgan fingerprint density at radius 3 is 1.97 bits per heavy atom. The van der Waals surface area contributed by atoms with E-state index < -0.39 is 0 Å². The number of nitrogens with zero attached hydrogens (tertiary/aromatic N) is 1. The topological polar surface area (TPSA) is 66.5 Å². The summed E-state index contributed by atoms with van der Waals surface area (Å²) in [5, 5.41) is 0. The van der Waals surface area contributed by atoms with Gasteiger partial charge in [0.2, 0.25) is 0 Å². The maximum Gasteiger partial charge on any atom is 0.254 e. The molecule has 0 spiro atoms. The second kappa shape index (κ2) is 13.3. The SMILES string of the molecule is CCOc1ccc(C[C@@H]2c3cc(OCC)c(OCC)cc3CCN2C(=O)c2ccc(OC)cc2)cc1OCC. The molecular weight excluding hydrogens is 494 g/mol. The van der Waals surface area contributed by atoms with Crippen LogP contribution < -0.4 is 23.7 Å². The van der Waals surface area contributed by atoms with Gasteiger partial charge in [-0.2, -0.15) is 0 Å². The summed E-state index contributed by atoms with van der Waals surface area (Å²) in [6.45, 7) is 10.6. The van der Waals surface area contributed by atoms with Crippen molar-refractivity contribution in [2.45, 2.75) is 46.6 Å². The summed E-state index contributed by atoms with van der Waals surface area (Å²) in [6.07, 6.45) is 1.34. The number of ether oxygens (including phenoxy) is 5. The zero-order chi connectivity index (χ0) is 27.8. The fourth-order valence-electron chi connectivity index (χ4n) is 5.05. The number of benzene rings is 3. The lowest BCUT2D eigenvalue weighted by Crippen LogP contribution is -2.41. The molecule has 0 N–H and O–H groups in total. The highest BCUT2D eigenvalue weighted by Gasteiger charge is 2.33. The van der Waals surface area contributed by atoms with Crippen LogP contribution in [0.15, 0.2) is 54.6 Å². The first kappa shape index (κ1) is 28.1. The molecule has 0 radical (unpaired) electrons. The number of carbonyl (C=O) groups excluding carboxylic acids is 1. The van der Waals surface area contributed by atoms with Gasteiger partial charge in [-0.05, 0) is 106 Å². The van der Waals surface area contributed by atoms with E-state index in [1.54, 1.807) is 7.11 Å². The van der Waals surface area contributed by atoms with E-state index in [1.165, 1.54) is 5.56 Å². The van der Waals surface area contributed by atoms with Gasteiger partial charge in [0.05, 0.1) is 39.6 Å². The van der Waals surface area contributed by atoms with Crippen LogP contribution in [0.4, 0.5) is 0 Å². The molecule has 0 aromatic heterocycles. The normalized spacial score (nSPS) is 14.4. The van der Waals surface area contributed by atoms with Crippen LogP contribution >= 0.6 is 0 Å². The third-order valence-corrected chi connectivity index (χ3v) is 6.80. The molecule has 208 valence electrons. The third kappa shape index (κ3) is 6.41. The number of amides is 1. The number of methoxy groups -OCH3 is 1. The monoisotopic (exact) mass is 533 g/mol. The smallest absolute Gasteiger partial charge is 0.254 e. The van der Waals surface area contributed by atoms with Crippen LogP contribution in [0.1, 0.15) is 60.8 Å². The summed E-state index contributed by atoms with van der Waals surface area (Å²) in [5.74, 6) is 3.57. The average molecular weight is 534 g/mol. The Morgan fingerprint density at radius 2 is 1.36 bits per heavy atom. The van der Waals surface area contributed by atoms with Gasteiger partial charge < -0.3 is 28.6 Å². The predicted molar refractivity (Wildman–Crippen MR) is 152 cm³/mol. The molecule has 0 saturated heterocycles. The van der Waals surface area contributed by atoms with E-state index in [1.807, 2.05) is 69.0 Å². The molecule has 1 aliphatic rings. The molecule has 1 atom stereocenters. The number of rotatable bonds is 12. The molecule has 3 aromatic carbocycles. The van der Waals surface area contributed by atoms with Crippen LogP contribution in [0, 0.1) is 0 Å². The van der Waals surface area contributed by atoms with Gasteiger partial charge in [0.15, 0.2) is 23.0 Å². The van der Waals surface area contributed by atoms with Gasteiger partial charge in [0.25, 0.3) is 5.91 Å². The first-order valence-electron chi connectivity index (χ1n) is 13.8. The van der Waals surface area contributed by atoms with Crippen LogP contribution in [-0.2, 0) is 12.8 Å². The van der Waals surface area contributed by atoms with E-state index >= 15 is 0 Å². The van der Waals surface area contributed by atoms with Gasteiger partial charge in [-0.1, -0.05) is 6.07 Å². The molecule has 0 aliphatic carbocycles. The van der Waals surface area contributed by atoms with Crippen LogP contribution in [0.2, 0.25) is 0 Å². The van der Waals surface area contributed by atoms with Gasteiger partial charge in [0.1, 0.15) is 5.75 Å². The molecule has 4 rings (SSSR count). The zero-order valence-corrected chi connectivity index (χ0v) is 23.6. The van der Waals surface area contributed by atoms with Crippen molar-refractivity contribution in [1.82, 2.24) is 4.90 Å². The Balaban J connectivity index is 1.77. The minimum absolute atomic E-state index is 0.0175. The maximum atomic E-state index is 13.9. The van der Waals surface area contributed by atoms with Crippen LogP contribution in [0.3, 0.4) is 0 Å². The highest BCUT2D eigenvalue weighted by atomic mass is 16.5. The Labute approximate surface area is 231 Å². The van der Waals surface area contributed by atoms with Gasteiger partial charge >= 0.3 is 0 Å². The second-order valence-electron chi connectivity index (χ2n) is 9.21. The van der Waals surface area contributed by atoms with E-state index in [0.717, 1.165) is 34.8 Å². The van der Waals surface area contributed by atoms with Crippen molar-refractivity contribution in [2.24, 2.45) is 0 Å². The molecule has 1 heterocycles. The maximum absolute atomic E-state index is 13.9. The summed E-state index contributed by atoms with van der Waals surface area (Å²) < 4.78 is 28.8. The molecule has 0 bridgehead atoms. The molecule has 1 amide bonds. The second-order valence-corrected chi connectivity index (χ2v) is 9.21. The van der Waals surface area contributed by atoms with Crippen molar-refractivity contribution >= 4 is 5.91 Å². The lowest BCUT2D eigenvalue weighted by Gasteiger charge is -2.38. The van der Waals surface area contributed by atoms with Crippen molar-refractivity contribution < 1.29 is 28.5 Å². The zero-order valence-electron chi connectivity index (χ0n) is 23.6. The summed E-state index contributed by atoms with van der Waals surface area (Å²) in [7, 11) is 1.62. The summed E-state index contributed by atoms with van der Waals surface area (Å²) in [6, 6.07) is 17.2. The summed E-state index contributed by atoms with van der Waals surface area (Å²) in [5.41, 5.74) is 3.92. The van der Waals surface area contributed by atoms with E-state index in [4.69, 9.17) is 23.7 Å². The Kier molecular flexibility index (Phi) is 9.58. The fraction of sp³-hybridized carbons (Fsp3) is 0.406. The van der Waals surface area contributed by atoms with E-state index in [2.05, 4.69) is 18.2 Å². The molecule has 1 aliphatic heterocycles. The number of hydrogen-bond acceptors (Lipinski definition) is 6. The molecule has 0 unspecified atom stereocenters. The summed E-state index contributed by atoms with van der Waals surface area (Å²) >= 11 is 0. The van der Waals surface area contributed by atoms with Gasteiger partial charge in [-0.3, -0.25) is 4.79 Å². The quantitative estimate of drug-likeness (QED) is 0.273. The van der Waals surface area contributed by atoms with Gasteiger partial charge in [0, 0.05) is 12.1 Å². The van der Waals surface area contributed by atoms with E-state index in [0.29, 0.717) is 56.5 Å². The highest BCUT2D eigenvalue weighted by molar-refractivity contribution is 5.95.